The van der Waals surface area contributed by atoms with E-state index in [-0.39, 0.29) is 11.7 Å². The Hall–Kier alpha value is -4.23. The number of carbonyl (C=O) groups is 1. The number of anilines is 2. The van der Waals surface area contributed by atoms with E-state index >= 15 is 0 Å². The van der Waals surface area contributed by atoms with Gasteiger partial charge in [-0.15, -0.1) is 0 Å². The van der Waals surface area contributed by atoms with E-state index in [0.29, 0.717) is 22.4 Å². The summed E-state index contributed by atoms with van der Waals surface area (Å²) in [5.74, 6) is 0.741. The van der Waals surface area contributed by atoms with Crippen LogP contribution >= 0.6 is 11.6 Å². The number of benzene rings is 3. The molecule has 0 aliphatic carbocycles. The fraction of sp³-hybridized carbons (Fsp3) is 0.143. The maximum absolute atomic E-state index is 13.2. The summed E-state index contributed by atoms with van der Waals surface area (Å²) in [6, 6.07) is 25.4. The third kappa shape index (κ3) is 3.51. The SMILES string of the molecule is CC1(c2ccccc2)C(=O)Nc2nc(-n3nc(CCc4ccccc4)c4cc(Cl)ccc43)nc(N)c21. The fourth-order valence-corrected chi connectivity index (χ4v) is 5.11. The number of rotatable bonds is 5. The zero-order chi connectivity index (χ0) is 24.9. The molecule has 1 aliphatic heterocycles. The molecule has 8 heteroatoms. The van der Waals surface area contributed by atoms with Crippen molar-refractivity contribution >= 4 is 40.0 Å². The highest BCUT2D eigenvalue weighted by Crippen LogP contribution is 2.44. The average Bonchev–Trinajstić information content (AvgIpc) is 3.38. The van der Waals surface area contributed by atoms with Crippen LogP contribution in [0.15, 0.2) is 78.9 Å². The van der Waals surface area contributed by atoms with Gasteiger partial charge in [0, 0.05) is 10.4 Å². The predicted molar refractivity (Wildman–Crippen MR) is 141 cm³/mol. The number of aryl methyl sites for hydroxylation is 2. The summed E-state index contributed by atoms with van der Waals surface area (Å²) >= 11 is 6.33. The Morgan fingerprint density at radius 3 is 2.44 bits per heavy atom. The number of amides is 1. The monoisotopic (exact) mass is 494 g/mol. The van der Waals surface area contributed by atoms with E-state index in [1.807, 2.05) is 73.7 Å². The van der Waals surface area contributed by atoms with E-state index in [0.717, 1.165) is 35.0 Å². The minimum absolute atomic E-state index is 0.192. The Labute approximate surface area is 213 Å². The molecule has 1 atom stereocenters. The van der Waals surface area contributed by atoms with Gasteiger partial charge in [-0.05, 0) is 49.1 Å². The fourth-order valence-electron chi connectivity index (χ4n) is 4.93. The molecule has 36 heavy (non-hydrogen) atoms. The van der Waals surface area contributed by atoms with E-state index in [2.05, 4.69) is 22.4 Å². The van der Waals surface area contributed by atoms with Crippen molar-refractivity contribution < 1.29 is 4.79 Å². The third-order valence-corrected chi connectivity index (χ3v) is 7.10. The third-order valence-electron chi connectivity index (χ3n) is 6.86. The first-order valence-electron chi connectivity index (χ1n) is 11.7. The normalized spacial score (nSPS) is 16.8. The van der Waals surface area contributed by atoms with E-state index in [1.54, 1.807) is 4.68 Å². The molecule has 7 nitrogen and oxygen atoms in total. The van der Waals surface area contributed by atoms with Gasteiger partial charge in [0.25, 0.3) is 5.95 Å². The summed E-state index contributed by atoms with van der Waals surface area (Å²) in [7, 11) is 0. The van der Waals surface area contributed by atoms with Gasteiger partial charge < -0.3 is 11.1 Å². The number of halogens is 1. The van der Waals surface area contributed by atoms with Crippen LogP contribution in [0, 0.1) is 0 Å². The van der Waals surface area contributed by atoms with Crippen molar-refractivity contribution in [2.24, 2.45) is 0 Å². The molecular formula is C28H23ClN6O. The maximum Gasteiger partial charge on any atom is 0.255 e. The molecule has 3 heterocycles. The molecule has 0 fully saturated rings. The Balaban J connectivity index is 1.45. The van der Waals surface area contributed by atoms with Crippen LogP contribution in [0.5, 0.6) is 0 Å². The van der Waals surface area contributed by atoms with Gasteiger partial charge in [0.2, 0.25) is 5.91 Å². The average molecular weight is 495 g/mol. The predicted octanol–water partition coefficient (Wildman–Crippen LogP) is 5.09. The Kier molecular flexibility index (Phi) is 5.23. The molecule has 0 bridgehead atoms. The standard InChI is InChI=1S/C28H23ClN6O/c1-28(18-10-6-3-7-11-18)23-24(30)31-27(33-25(23)32-26(28)36)35-22-15-13-19(29)16-20(22)21(34-35)14-12-17-8-4-2-5-9-17/h2-11,13,15-16H,12,14H2,1H3,(H3,30,31,32,33,36). The quantitative estimate of drug-likeness (QED) is 0.354. The minimum atomic E-state index is -0.986. The van der Waals surface area contributed by atoms with E-state index in [9.17, 15) is 4.79 Å². The van der Waals surface area contributed by atoms with E-state index in [4.69, 9.17) is 27.4 Å². The van der Waals surface area contributed by atoms with Crippen LogP contribution in [0.4, 0.5) is 11.6 Å². The van der Waals surface area contributed by atoms with Gasteiger partial charge in [0.1, 0.15) is 17.1 Å². The zero-order valence-corrected chi connectivity index (χ0v) is 20.3. The van der Waals surface area contributed by atoms with Crippen LogP contribution in [0.25, 0.3) is 16.9 Å². The van der Waals surface area contributed by atoms with Crippen LogP contribution in [-0.4, -0.2) is 25.7 Å². The number of hydrogen-bond acceptors (Lipinski definition) is 5. The van der Waals surface area contributed by atoms with Crippen LogP contribution in [0.3, 0.4) is 0 Å². The number of nitrogens with zero attached hydrogens (tertiary/aromatic N) is 4. The molecule has 5 aromatic rings. The number of nitrogen functional groups attached to an aromatic ring is 1. The summed E-state index contributed by atoms with van der Waals surface area (Å²) in [6.45, 7) is 1.84. The van der Waals surface area contributed by atoms with Gasteiger partial charge >= 0.3 is 0 Å². The summed E-state index contributed by atoms with van der Waals surface area (Å²) < 4.78 is 1.67. The van der Waals surface area contributed by atoms with Gasteiger partial charge in [-0.1, -0.05) is 72.3 Å². The van der Waals surface area contributed by atoms with Crippen molar-refractivity contribution in [2.75, 3.05) is 11.1 Å². The number of nitrogens with two attached hydrogens (primary N) is 1. The number of nitrogens with one attached hydrogen (secondary N) is 1. The van der Waals surface area contributed by atoms with Crippen LogP contribution in [0.2, 0.25) is 5.02 Å². The lowest BCUT2D eigenvalue weighted by molar-refractivity contribution is -0.119. The molecule has 6 rings (SSSR count). The smallest absolute Gasteiger partial charge is 0.255 e. The van der Waals surface area contributed by atoms with Gasteiger partial charge in [-0.3, -0.25) is 4.79 Å². The minimum Gasteiger partial charge on any atom is -0.383 e. The second-order valence-electron chi connectivity index (χ2n) is 9.08. The molecule has 1 amide bonds. The highest BCUT2D eigenvalue weighted by atomic mass is 35.5. The highest BCUT2D eigenvalue weighted by molar-refractivity contribution is 6.31. The Morgan fingerprint density at radius 2 is 1.69 bits per heavy atom. The Morgan fingerprint density at radius 1 is 0.972 bits per heavy atom. The molecule has 1 aliphatic rings. The number of aromatic nitrogens is 4. The van der Waals surface area contributed by atoms with Crippen molar-refractivity contribution in [3.05, 3.63) is 106 Å². The summed E-state index contributed by atoms with van der Waals surface area (Å²) in [5, 5.41) is 9.33. The van der Waals surface area contributed by atoms with Crippen molar-refractivity contribution in [1.29, 1.82) is 0 Å². The van der Waals surface area contributed by atoms with Crippen LogP contribution < -0.4 is 11.1 Å². The lowest BCUT2D eigenvalue weighted by Gasteiger charge is -2.23. The molecule has 3 N–H and O–H groups in total. The Bertz CT molecular complexity index is 1620. The lowest BCUT2D eigenvalue weighted by atomic mass is 9.78. The zero-order valence-electron chi connectivity index (χ0n) is 19.6. The maximum atomic E-state index is 13.2. The largest absolute Gasteiger partial charge is 0.383 e. The van der Waals surface area contributed by atoms with Crippen molar-refractivity contribution in [1.82, 2.24) is 19.7 Å². The molecule has 3 aromatic carbocycles. The van der Waals surface area contributed by atoms with Gasteiger partial charge in [-0.2, -0.15) is 19.7 Å². The summed E-state index contributed by atoms with van der Waals surface area (Å²) in [5.41, 5.74) is 9.83. The van der Waals surface area contributed by atoms with E-state index in [1.165, 1.54) is 5.56 Å². The van der Waals surface area contributed by atoms with Crippen molar-refractivity contribution in [3.8, 4) is 5.95 Å². The second-order valence-corrected chi connectivity index (χ2v) is 9.52. The van der Waals surface area contributed by atoms with Crippen molar-refractivity contribution in [3.63, 3.8) is 0 Å². The van der Waals surface area contributed by atoms with Gasteiger partial charge in [0.05, 0.1) is 16.8 Å². The highest BCUT2D eigenvalue weighted by Gasteiger charge is 2.47. The lowest BCUT2D eigenvalue weighted by Crippen LogP contribution is -2.32. The molecular weight excluding hydrogens is 472 g/mol. The van der Waals surface area contributed by atoms with Crippen LogP contribution in [0.1, 0.15) is 29.3 Å². The number of hydrogen-bond donors (Lipinski definition) is 2. The van der Waals surface area contributed by atoms with Gasteiger partial charge in [-0.25, -0.2) is 0 Å². The molecule has 0 saturated carbocycles. The first-order chi connectivity index (χ1) is 17.4. The number of fused-ring (bicyclic) bond motifs is 2. The molecule has 0 saturated heterocycles. The molecule has 1 unspecified atom stereocenters. The first-order valence-corrected chi connectivity index (χ1v) is 12.1. The molecule has 0 radical (unpaired) electrons. The second kappa shape index (κ2) is 8.46. The molecule has 2 aromatic heterocycles. The van der Waals surface area contributed by atoms with Gasteiger partial charge in [0.15, 0.2) is 0 Å². The summed E-state index contributed by atoms with van der Waals surface area (Å²) in [4.78, 5) is 22.5. The number of carbonyl (C=O) groups excluding carboxylic acids is 1. The first kappa shape index (κ1) is 22.2. The topological polar surface area (TPSA) is 98.7 Å². The van der Waals surface area contributed by atoms with E-state index < -0.39 is 5.41 Å². The molecule has 0 spiro atoms. The summed E-state index contributed by atoms with van der Waals surface area (Å²) in [6.07, 6.45) is 1.55. The molecule has 178 valence electrons. The van der Waals surface area contributed by atoms with Crippen molar-refractivity contribution in [2.45, 2.75) is 25.2 Å². The van der Waals surface area contributed by atoms with Crippen LogP contribution in [-0.2, 0) is 23.1 Å².